The van der Waals surface area contributed by atoms with Gasteiger partial charge in [-0.05, 0) is 50.7 Å². The largest absolute Gasteiger partial charge is 0.420 e. The van der Waals surface area contributed by atoms with Gasteiger partial charge in [-0.3, -0.25) is 14.2 Å². The predicted molar refractivity (Wildman–Crippen MR) is 123 cm³/mol. The number of para-hydroxylation sites is 2. The molecule has 1 unspecified atom stereocenters. The zero-order chi connectivity index (χ0) is 22.8. The summed E-state index contributed by atoms with van der Waals surface area (Å²) >= 11 is 0. The topological polar surface area (TPSA) is 93.8 Å². The number of amides is 2. The lowest BCUT2D eigenvalue weighted by atomic mass is 9.88. The monoisotopic (exact) mass is 455 g/mol. The summed E-state index contributed by atoms with van der Waals surface area (Å²) in [4.78, 5) is 39.3. The average Bonchev–Trinajstić information content (AvgIpc) is 3.39. The smallest absolute Gasteiger partial charge is 0.408 e. The van der Waals surface area contributed by atoms with E-state index in [0.717, 1.165) is 51.4 Å². The van der Waals surface area contributed by atoms with Crippen molar-refractivity contribution in [3.8, 4) is 0 Å². The van der Waals surface area contributed by atoms with E-state index in [9.17, 15) is 14.4 Å². The van der Waals surface area contributed by atoms with Gasteiger partial charge >= 0.3 is 5.76 Å². The number of hydrogen-bond acceptors (Lipinski definition) is 5. The van der Waals surface area contributed by atoms with Crippen molar-refractivity contribution < 1.29 is 18.7 Å². The Bertz CT molecular complexity index is 1060. The van der Waals surface area contributed by atoms with Crippen LogP contribution in [0.15, 0.2) is 33.5 Å². The molecular weight excluding hydrogens is 422 g/mol. The zero-order valence-electron chi connectivity index (χ0n) is 19.1. The number of carbonyl (C=O) groups is 2. The van der Waals surface area contributed by atoms with Crippen LogP contribution < -0.4 is 11.1 Å². The fraction of sp³-hybridized carbons (Fsp3) is 0.640. The number of fused-ring (bicyclic) bond motifs is 1. The molecule has 33 heavy (non-hydrogen) atoms. The second-order valence-electron chi connectivity index (χ2n) is 9.84. The summed E-state index contributed by atoms with van der Waals surface area (Å²) in [6.07, 6.45) is 9.09. The summed E-state index contributed by atoms with van der Waals surface area (Å²) in [5, 5.41) is 3.12. The van der Waals surface area contributed by atoms with Crippen LogP contribution in [0.4, 0.5) is 0 Å². The maximum atomic E-state index is 12.9. The molecule has 8 nitrogen and oxygen atoms in total. The fourth-order valence-electron chi connectivity index (χ4n) is 5.69. The van der Waals surface area contributed by atoms with E-state index in [2.05, 4.69) is 5.32 Å². The van der Waals surface area contributed by atoms with Gasteiger partial charge in [0.2, 0.25) is 11.8 Å². The van der Waals surface area contributed by atoms with Crippen molar-refractivity contribution in [1.82, 2.24) is 14.8 Å². The molecule has 1 aromatic carbocycles. The molecule has 1 N–H and O–H groups in total. The third kappa shape index (κ3) is 4.71. The predicted octanol–water partition coefficient (Wildman–Crippen LogP) is 2.83. The molecule has 2 saturated heterocycles. The number of ether oxygens (including phenoxy) is 1. The van der Waals surface area contributed by atoms with Gasteiger partial charge in [0, 0.05) is 25.6 Å². The summed E-state index contributed by atoms with van der Waals surface area (Å²) < 4.78 is 13.1. The number of nitrogens with zero attached hydrogens (tertiary/aromatic N) is 2. The molecular formula is C25H33N3O5. The van der Waals surface area contributed by atoms with Gasteiger partial charge in [0.15, 0.2) is 5.58 Å². The molecule has 0 radical (unpaired) electrons. The minimum absolute atomic E-state index is 0.0144. The lowest BCUT2D eigenvalue weighted by Crippen LogP contribution is -2.48. The number of piperidine rings is 1. The Kier molecular flexibility index (Phi) is 6.27. The molecule has 1 atom stereocenters. The summed E-state index contributed by atoms with van der Waals surface area (Å²) in [5.41, 5.74) is 0.936. The van der Waals surface area contributed by atoms with Crippen LogP contribution in [0.2, 0.25) is 0 Å². The third-order valence-electron chi connectivity index (χ3n) is 7.71. The zero-order valence-corrected chi connectivity index (χ0v) is 19.1. The molecule has 3 fully saturated rings. The normalized spacial score (nSPS) is 23.3. The average molecular weight is 456 g/mol. The van der Waals surface area contributed by atoms with Gasteiger partial charge in [-0.2, -0.15) is 0 Å². The highest BCUT2D eigenvalue weighted by molar-refractivity contribution is 5.80. The Labute approximate surface area is 193 Å². The van der Waals surface area contributed by atoms with Gasteiger partial charge in [0.1, 0.15) is 6.54 Å². The Hall–Kier alpha value is -2.61. The lowest BCUT2D eigenvalue weighted by molar-refractivity contribution is -0.139. The van der Waals surface area contributed by atoms with Gasteiger partial charge in [-0.25, -0.2) is 4.79 Å². The lowest BCUT2D eigenvalue weighted by Gasteiger charge is -2.39. The third-order valence-corrected chi connectivity index (χ3v) is 7.71. The maximum Gasteiger partial charge on any atom is 0.420 e. The van der Waals surface area contributed by atoms with Crippen LogP contribution in [-0.4, -0.2) is 52.6 Å². The first-order valence-corrected chi connectivity index (χ1v) is 12.3. The van der Waals surface area contributed by atoms with Crippen molar-refractivity contribution in [2.24, 2.45) is 5.92 Å². The first kappa shape index (κ1) is 22.2. The number of benzene rings is 1. The second-order valence-corrected chi connectivity index (χ2v) is 9.84. The van der Waals surface area contributed by atoms with Crippen LogP contribution in [0.5, 0.6) is 0 Å². The van der Waals surface area contributed by atoms with Gasteiger partial charge in [0.25, 0.3) is 0 Å². The van der Waals surface area contributed by atoms with E-state index in [1.807, 2.05) is 11.0 Å². The summed E-state index contributed by atoms with van der Waals surface area (Å²) in [6, 6.07) is 7.15. The van der Waals surface area contributed by atoms with Crippen LogP contribution in [-0.2, 0) is 20.9 Å². The van der Waals surface area contributed by atoms with Crippen LogP contribution in [0.25, 0.3) is 11.1 Å². The number of carbonyl (C=O) groups excluding carboxylic acids is 2. The van der Waals surface area contributed by atoms with E-state index in [4.69, 9.17) is 9.15 Å². The SMILES string of the molecule is O=C(NCC1CCC2(CCN(C(=O)Cn3c(=O)oc4ccccc43)CC2)O1)C1CCCCC1. The molecule has 2 amide bonds. The van der Waals surface area contributed by atoms with E-state index in [1.54, 1.807) is 18.2 Å². The van der Waals surface area contributed by atoms with Crippen molar-refractivity contribution in [2.75, 3.05) is 19.6 Å². The van der Waals surface area contributed by atoms with E-state index in [0.29, 0.717) is 30.7 Å². The van der Waals surface area contributed by atoms with Crippen molar-refractivity contribution in [3.05, 3.63) is 34.8 Å². The number of hydrogen-bond donors (Lipinski definition) is 1. The van der Waals surface area contributed by atoms with Gasteiger partial charge < -0.3 is 19.4 Å². The number of oxazole rings is 1. The second kappa shape index (κ2) is 9.33. The fourth-order valence-corrected chi connectivity index (χ4v) is 5.69. The van der Waals surface area contributed by atoms with Crippen LogP contribution in [0, 0.1) is 5.92 Å². The molecule has 0 bridgehead atoms. The Balaban J connectivity index is 1.11. The Morgan fingerprint density at radius 2 is 1.79 bits per heavy atom. The molecule has 1 spiro atoms. The molecule has 3 heterocycles. The first-order chi connectivity index (χ1) is 16.0. The minimum atomic E-state index is -0.504. The molecule has 178 valence electrons. The number of aromatic nitrogens is 1. The van der Waals surface area contributed by atoms with Crippen molar-refractivity contribution in [1.29, 1.82) is 0 Å². The summed E-state index contributed by atoms with van der Waals surface area (Å²) in [5.74, 6) is -0.229. The van der Waals surface area contributed by atoms with Gasteiger partial charge in [-0.1, -0.05) is 31.4 Å². The van der Waals surface area contributed by atoms with Crippen molar-refractivity contribution >= 4 is 22.9 Å². The van der Waals surface area contributed by atoms with E-state index in [-0.39, 0.29) is 36.0 Å². The van der Waals surface area contributed by atoms with Crippen LogP contribution >= 0.6 is 0 Å². The summed E-state index contributed by atoms with van der Waals surface area (Å²) in [6.45, 7) is 1.80. The number of rotatable bonds is 5. The quantitative estimate of drug-likeness (QED) is 0.748. The van der Waals surface area contributed by atoms with Gasteiger partial charge in [-0.15, -0.1) is 0 Å². The molecule has 8 heteroatoms. The van der Waals surface area contributed by atoms with Crippen LogP contribution in [0.1, 0.15) is 57.8 Å². The number of nitrogens with one attached hydrogen (secondary N) is 1. The van der Waals surface area contributed by atoms with Gasteiger partial charge in [0.05, 0.1) is 17.2 Å². The highest BCUT2D eigenvalue weighted by Crippen LogP contribution is 2.39. The first-order valence-electron chi connectivity index (χ1n) is 12.3. The van der Waals surface area contributed by atoms with E-state index >= 15 is 0 Å². The maximum absolute atomic E-state index is 12.9. The Morgan fingerprint density at radius 3 is 2.58 bits per heavy atom. The molecule has 1 saturated carbocycles. The molecule has 3 aliphatic rings. The van der Waals surface area contributed by atoms with Crippen LogP contribution in [0.3, 0.4) is 0 Å². The molecule has 1 aliphatic carbocycles. The van der Waals surface area contributed by atoms with Crippen molar-refractivity contribution in [3.63, 3.8) is 0 Å². The summed E-state index contributed by atoms with van der Waals surface area (Å²) in [7, 11) is 0. The molecule has 2 aromatic rings. The molecule has 1 aromatic heterocycles. The highest BCUT2D eigenvalue weighted by atomic mass is 16.5. The Morgan fingerprint density at radius 1 is 1.03 bits per heavy atom. The van der Waals surface area contributed by atoms with E-state index in [1.165, 1.54) is 11.0 Å². The minimum Gasteiger partial charge on any atom is -0.408 e. The highest BCUT2D eigenvalue weighted by Gasteiger charge is 2.43. The van der Waals surface area contributed by atoms with E-state index < -0.39 is 5.76 Å². The molecule has 5 rings (SSSR count). The standard InChI is InChI=1S/C25H33N3O5/c29-22(17-28-20-8-4-5-9-21(20)32-24(28)31)27-14-12-25(13-15-27)11-10-19(33-25)16-26-23(30)18-6-2-1-3-7-18/h4-5,8-9,18-19H,1-3,6-7,10-17H2,(H,26,30). The molecule has 2 aliphatic heterocycles. The number of likely N-dealkylation sites (tertiary alicyclic amines) is 1. The van der Waals surface area contributed by atoms with Crippen molar-refractivity contribution in [2.45, 2.75) is 76.0 Å².